The van der Waals surface area contributed by atoms with Crippen LogP contribution >= 0.6 is 0 Å². The van der Waals surface area contributed by atoms with E-state index in [1.165, 1.54) is 32.8 Å². The molecule has 0 amide bonds. The minimum Gasteiger partial charge on any atom is -0.292 e. The summed E-state index contributed by atoms with van der Waals surface area (Å²) in [5.41, 5.74) is 5.86. The van der Waals surface area contributed by atoms with Crippen LogP contribution < -0.4 is 0 Å². The van der Waals surface area contributed by atoms with Crippen LogP contribution in [-0.2, 0) is 6.42 Å². The summed E-state index contributed by atoms with van der Waals surface area (Å²) in [5.74, 6) is 0. The Kier molecular flexibility index (Phi) is 2.51. The molecule has 0 saturated carbocycles. The van der Waals surface area contributed by atoms with Gasteiger partial charge in [-0.1, -0.05) is 55.5 Å². The number of pyridine rings is 1. The number of aromatic nitrogens is 2. The third-order valence-electron chi connectivity index (χ3n) is 4.73. The first kappa shape index (κ1) is 12.7. The summed E-state index contributed by atoms with van der Waals surface area (Å²) in [6, 6.07) is 23.7. The van der Waals surface area contributed by atoms with Crippen LogP contribution in [-0.4, -0.2) is 9.38 Å². The minimum absolute atomic E-state index is 1.04. The highest BCUT2D eigenvalue weighted by molar-refractivity contribution is 6.13. The molecule has 0 spiro atoms. The zero-order valence-corrected chi connectivity index (χ0v) is 13.0. The van der Waals surface area contributed by atoms with Crippen LogP contribution in [0.1, 0.15) is 12.5 Å². The molecule has 2 heterocycles. The second kappa shape index (κ2) is 4.56. The van der Waals surface area contributed by atoms with Crippen molar-refractivity contribution in [1.82, 2.24) is 9.38 Å². The van der Waals surface area contributed by atoms with E-state index < -0.39 is 0 Å². The van der Waals surface area contributed by atoms with Crippen LogP contribution in [0.25, 0.3) is 38.4 Å². The maximum Gasteiger partial charge on any atom is 0.146 e. The molecule has 0 aliphatic rings. The van der Waals surface area contributed by atoms with Gasteiger partial charge in [0, 0.05) is 10.8 Å². The second-order valence-corrected chi connectivity index (χ2v) is 6.01. The SMILES string of the molecule is CCc1ccc2c3ccccc3c3nc4ccccc4n3c2c1. The van der Waals surface area contributed by atoms with E-state index in [4.69, 9.17) is 4.98 Å². The first-order valence-electron chi connectivity index (χ1n) is 8.07. The molecule has 0 radical (unpaired) electrons. The van der Waals surface area contributed by atoms with Gasteiger partial charge in [-0.3, -0.25) is 4.40 Å². The highest BCUT2D eigenvalue weighted by Crippen LogP contribution is 2.32. The Morgan fingerprint density at radius 3 is 2.43 bits per heavy atom. The normalized spacial score (nSPS) is 11.9. The lowest BCUT2D eigenvalue weighted by Gasteiger charge is -2.10. The lowest BCUT2D eigenvalue weighted by Crippen LogP contribution is -1.93. The number of fused-ring (bicyclic) bond motifs is 8. The minimum atomic E-state index is 1.04. The molecular formula is C21H16N2. The largest absolute Gasteiger partial charge is 0.292 e. The Bertz CT molecular complexity index is 1200. The summed E-state index contributed by atoms with van der Waals surface area (Å²) in [4.78, 5) is 4.91. The molecule has 2 aromatic heterocycles. The van der Waals surface area contributed by atoms with Crippen molar-refractivity contribution in [3.63, 3.8) is 0 Å². The molecule has 3 aromatic carbocycles. The molecule has 0 fully saturated rings. The van der Waals surface area contributed by atoms with Crippen molar-refractivity contribution in [3.8, 4) is 0 Å². The average molecular weight is 296 g/mol. The highest BCUT2D eigenvalue weighted by Gasteiger charge is 2.13. The molecule has 0 N–H and O–H groups in total. The van der Waals surface area contributed by atoms with Crippen LogP contribution in [0.4, 0.5) is 0 Å². The number of imidazole rings is 1. The zero-order chi connectivity index (χ0) is 15.4. The molecule has 5 rings (SSSR count). The number of hydrogen-bond acceptors (Lipinski definition) is 1. The number of nitrogens with zero attached hydrogens (tertiary/aromatic N) is 2. The summed E-state index contributed by atoms with van der Waals surface area (Å²) in [6.45, 7) is 2.20. The van der Waals surface area contributed by atoms with E-state index >= 15 is 0 Å². The first-order valence-corrected chi connectivity index (χ1v) is 8.07. The van der Waals surface area contributed by atoms with E-state index in [1.54, 1.807) is 0 Å². The van der Waals surface area contributed by atoms with Gasteiger partial charge >= 0.3 is 0 Å². The van der Waals surface area contributed by atoms with E-state index in [-0.39, 0.29) is 0 Å². The molecule has 0 aliphatic heterocycles. The predicted molar refractivity (Wildman–Crippen MR) is 97.1 cm³/mol. The molecule has 110 valence electrons. The lowest BCUT2D eigenvalue weighted by atomic mass is 10.0. The van der Waals surface area contributed by atoms with Gasteiger partial charge in [-0.15, -0.1) is 0 Å². The fraction of sp³-hybridized carbons (Fsp3) is 0.0952. The molecular weight excluding hydrogens is 280 g/mol. The quantitative estimate of drug-likeness (QED) is 0.381. The summed E-state index contributed by atoms with van der Waals surface area (Å²) >= 11 is 0. The maximum atomic E-state index is 4.91. The third kappa shape index (κ3) is 1.66. The second-order valence-electron chi connectivity index (χ2n) is 6.01. The smallest absolute Gasteiger partial charge is 0.146 e. The lowest BCUT2D eigenvalue weighted by molar-refractivity contribution is 1.14. The van der Waals surface area contributed by atoms with Crippen molar-refractivity contribution >= 4 is 38.4 Å². The predicted octanol–water partition coefficient (Wildman–Crippen LogP) is 5.36. The van der Waals surface area contributed by atoms with E-state index in [1.807, 2.05) is 0 Å². The van der Waals surface area contributed by atoms with Crippen molar-refractivity contribution in [1.29, 1.82) is 0 Å². The molecule has 0 aliphatic carbocycles. The van der Waals surface area contributed by atoms with Gasteiger partial charge in [0.15, 0.2) is 0 Å². The van der Waals surface area contributed by atoms with E-state index in [2.05, 4.69) is 78.1 Å². The van der Waals surface area contributed by atoms with Crippen molar-refractivity contribution in [2.24, 2.45) is 0 Å². The van der Waals surface area contributed by atoms with Gasteiger partial charge in [0.05, 0.1) is 16.6 Å². The molecule has 0 saturated heterocycles. The number of aryl methyl sites for hydroxylation is 1. The maximum absolute atomic E-state index is 4.91. The van der Waals surface area contributed by atoms with E-state index in [0.717, 1.165) is 17.6 Å². The topological polar surface area (TPSA) is 17.3 Å². The highest BCUT2D eigenvalue weighted by atomic mass is 15.0. The van der Waals surface area contributed by atoms with Crippen molar-refractivity contribution in [2.45, 2.75) is 13.3 Å². The Hall–Kier alpha value is -2.87. The molecule has 0 unspecified atom stereocenters. The van der Waals surface area contributed by atoms with Crippen LogP contribution in [0.5, 0.6) is 0 Å². The van der Waals surface area contributed by atoms with Gasteiger partial charge in [-0.25, -0.2) is 4.98 Å². The fourth-order valence-electron chi connectivity index (χ4n) is 3.57. The summed E-state index contributed by atoms with van der Waals surface area (Å²) in [6.07, 6.45) is 1.04. The number of benzene rings is 3. The third-order valence-corrected chi connectivity index (χ3v) is 4.73. The molecule has 0 atom stereocenters. The van der Waals surface area contributed by atoms with Gasteiger partial charge in [0.25, 0.3) is 0 Å². The average Bonchev–Trinajstić information content (AvgIpc) is 3.01. The molecule has 2 heteroatoms. The fourth-order valence-corrected chi connectivity index (χ4v) is 3.57. The van der Waals surface area contributed by atoms with Gasteiger partial charge in [-0.05, 0) is 35.6 Å². The Balaban J connectivity index is 2.17. The van der Waals surface area contributed by atoms with Crippen molar-refractivity contribution in [2.75, 3.05) is 0 Å². The van der Waals surface area contributed by atoms with Gasteiger partial charge in [0.2, 0.25) is 0 Å². The van der Waals surface area contributed by atoms with Crippen LogP contribution in [0.15, 0.2) is 66.7 Å². The van der Waals surface area contributed by atoms with E-state index in [9.17, 15) is 0 Å². The van der Waals surface area contributed by atoms with Crippen LogP contribution in [0, 0.1) is 0 Å². The Labute approximate surface area is 134 Å². The molecule has 0 bridgehead atoms. The number of hydrogen-bond donors (Lipinski definition) is 0. The van der Waals surface area contributed by atoms with Crippen molar-refractivity contribution < 1.29 is 0 Å². The van der Waals surface area contributed by atoms with Gasteiger partial charge in [0.1, 0.15) is 5.65 Å². The van der Waals surface area contributed by atoms with Crippen LogP contribution in [0.2, 0.25) is 0 Å². The molecule has 5 aromatic rings. The number of para-hydroxylation sites is 2. The number of rotatable bonds is 1. The van der Waals surface area contributed by atoms with Gasteiger partial charge in [-0.2, -0.15) is 0 Å². The van der Waals surface area contributed by atoms with Gasteiger partial charge < -0.3 is 0 Å². The Morgan fingerprint density at radius 2 is 1.57 bits per heavy atom. The Morgan fingerprint density at radius 1 is 0.783 bits per heavy atom. The monoisotopic (exact) mass is 296 g/mol. The summed E-state index contributed by atoms with van der Waals surface area (Å²) in [7, 11) is 0. The molecule has 23 heavy (non-hydrogen) atoms. The summed E-state index contributed by atoms with van der Waals surface area (Å²) in [5, 5.41) is 3.77. The molecule has 2 nitrogen and oxygen atoms in total. The van der Waals surface area contributed by atoms with Crippen LogP contribution in [0.3, 0.4) is 0 Å². The van der Waals surface area contributed by atoms with E-state index in [0.29, 0.717) is 0 Å². The standard InChI is InChI=1S/C21H16N2/c1-2-14-11-12-16-15-7-3-4-8-17(15)21-22-18-9-5-6-10-19(18)23(21)20(16)13-14/h3-13H,2H2,1H3. The zero-order valence-electron chi connectivity index (χ0n) is 13.0. The first-order chi connectivity index (χ1) is 11.4. The summed E-state index contributed by atoms with van der Waals surface area (Å²) < 4.78 is 2.31. The van der Waals surface area contributed by atoms with Crippen molar-refractivity contribution in [3.05, 3.63) is 72.3 Å².